The fraction of sp³-hybridized carbons (Fsp3) is 0.611. The van der Waals surface area contributed by atoms with Crippen LogP contribution in [0, 0.1) is 11.8 Å². The summed E-state index contributed by atoms with van der Waals surface area (Å²) >= 11 is 0. The molecule has 3 unspecified atom stereocenters. The van der Waals surface area contributed by atoms with Crippen LogP contribution in [0.3, 0.4) is 0 Å². The van der Waals surface area contributed by atoms with Crippen molar-refractivity contribution >= 4 is 5.91 Å². The van der Waals surface area contributed by atoms with Gasteiger partial charge in [-0.2, -0.15) is 0 Å². The van der Waals surface area contributed by atoms with Gasteiger partial charge in [-0.15, -0.1) is 0 Å². The summed E-state index contributed by atoms with van der Waals surface area (Å²) in [5.74, 6) is 1.57. The minimum atomic E-state index is 0.0912. The van der Waals surface area contributed by atoms with Gasteiger partial charge in [0.1, 0.15) is 0 Å². The van der Waals surface area contributed by atoms with Crippen LogP contribution in [0.5, 0.6) is 0 Å². The molecule has 1 aromatic carbocycles. The maximum absolute atomic E-state index is 12.6. The molecule has 0 aromatic heterocycles. The third-order valence-corrected chi connectivity index (χ3v) is 4.84. The molecule has 21 heavy (non-hydrogen) atoms. The average Bonchev–Trinajstić information content (AvgIpc) is 2.49. The summed E-state index contributed by atoms with van der Waals surface area (Å²) < 4.78 is 0. The van der Waals surface area contributed by atoms with Gasteiger partial charge in [0.2, 0.25) is 0 Å². The van der Waals surface area contributed by atoms with Gasteiger partial charge in [0.05, 0.1) is 0 Å². The van der Waals surface area contributed by atoms with E-state index in [-0.39, 0.29) is 5.91 Å². The molecule has 3 nitrogen and oxygen atoms in total. The van der Waals surface area contributed by atoms with Gasteiger partial charge in [0.25, 0.3) is 5.91 Å². The van der Waals surface area contributed by atoms with Gasteiger partial charge in [-0.1, -0.05) is 32.0 Å². The van der Waals surface area contributed by atoms with E-state index in [0.717, 1.165) is 42.9 Å². The van der Waals surface area contributed by atoms with E-state index in [1.807, 2.05) is 25.2 Å². The summed E-state index contributed by atoms with van der Waals surface area (Å²) in [4.78, 5) is 12.6. The van der Waals surface area contributed by atoms with Crippen molar-refractivity contribution in [2.45, 2.75) is 45.6 Å². The van der Waals surface area contributed by atoms with E-state index < -0.39 is 0 Å². The number of hydrogen-bond donors (Lipinski definition) is 2. The normalized spacial score (nSPS) is 25.6. The molecule has 3 heteroatoms. The fourth-order valence-corrected chi connectivity index (χ4v) is 3.16. The lowest BCUT2D eigenvalue weighted by Crippen LogP contribution is -2.40. The lowest BCUT2D eigenvalue weighted by Gasteiger charge is -2.32. The number of amides is 1. The minimum absolute atomic E-state index is 0.0912. The van der Waals surface area contributed by atoms with Crippen LogP contribution in [-0.4, -0.2) is 25.5 Å². The number of benzene rings is 1. The molecule has 0 aliphatic heterocycles. The number of hydrogen-bond acceptors (Lipinski definition) is 2. The highest BCUT2D eigenvalue weighted by Crippen LogP contribution is 2.29. The van der Waals surface area contributed by atoms with Crippen molar-refractivity contribution in [2.75, 3.05) is 13.6 Å². The van der Waals surface area contributed by atoms with Crippen LogP contribution in [0.1, 0.15) is 49.0 Å². The van der Waals surface area contributed by atoms with Crippen molar-refractivity contribution in [3.8, 4) is 0 Å². The highest BCUT2D eigenvalue weighted by molar-refractivity contribution is 5.95. The van der Waals surface area contributed by atoms with Crippen molar-refractivity contribution in [3.05, 3.63) is 35.4 Å². The molecule has 1 fully saturated rings. The monoisotopic (exact) mass is 288 g/mol. The molecule has 116 valence electrons. The topological polar surface area (TPSA) is 41.1 Å². The Morgan fingerprint density at radius 1 is 1.19 bits per heavy atom. The number of nitrogens with one attached hydrogen (secondary N) is 2. The van der Waals surface area contributed by atoms with E-state index in [9.17, 15) is 4.79 Å². The predicted octanol–water partition coefficient (Wildman–Crippen LogP) is 3.00. The fourth-order valence-electron chi connectivity index (χ4n) is 3.16. The van der Waals surface area contributed by atoms with Gasteiger partial charge < -0.3 is 10.6 Å². The van der Waals surface area contributed by atoms with Crippen LogP contribution in [0.25, 0.3) is 0 Å². The van der Waals surface area contributed by atoms with Crippen LogP contribution < -0.4 is 10.6 Å². The quantitative estimate of drug-likeness (QED) is 0.874. The van der Waals surface area contributed by atoms with E-state index in [2.05, 4.69) is 30.5 Å². The van der Waals surface area contributed by atoms with Crippen LogP contribution >= 0.6 is 0 Å². The molecule has 1 aromatic rings. The molecule has 0 saturated heterocycles. The van der Waals surface area contributed by atoms with E-state index in [0.29, 0.717) is 12.0 Å². The van der Waals surface area contributed by atoms with Crippen LogP contribution in [0.4, 0.5) is 0 Å². The Hall–Kier alpha value is -1.35. The molecule has 0 bridgehead atoms. The number of likely N-dealkylation sites (N-methyl/N-ethyl adjacent to an activating group) is 1. The number of carbonyl (C=O) groups excluding carboxylic acids is 1. The SMILES string of the molecule is CNCCc1ccccc1C(=O)NC1CCC(C)C(C)C1. The summed E-state index contributed by atoms with van der Waals surface area (Å²) in [5.41, 5.74) is 1.96. The molecule has 0 radical (unpaired) electrons. The first-order valence-corrected chi connectivity index (χ1v) is 8.15. The second-order valence-corrected chi connectivity index (χ2v) is 6.45. The molecule has 1 saturated carbocycles. The molecule has 2 rings (SSSR count). The molecule has 1 aliphatic carbocycles. The van der Waals surface area contributed by atoms with Crippen molar-refractivity contribution in [1.29, 1.82) is 0 Å². The van der Waals surface area contributed by atoms with Crippen molar-refractivity contribution in [3.63, 3.8) is 0 Å². The first-order chi connectivity index (χ1) is 10.1. The first kappa shape index (κ1) is 16.0. The summed E-state index contributed by atoms with van der Waals surface area (Å²) in [6.07, 6.45) is 4.31. The van der Waals surface area contributed by atoms with Gasteiger partial charge in [0.15, 0.2) is 0 Å². The van der Waals surface area contributed by atoms with Gasteiger partial charge in [-0.05, 0) is 62.7 Å². The second kappa shape index (κ2) is 7.60. The first-order valence-electron chi connectivity index (χ1n) is 8.15. The molecular weight excluding hydrogens is 260 g/mol. The van der Waals surface area contributed by atoms with Crippen molar-refractivity contribution < 1.29 is 4.79 Å². The third kappa shape index (κ3) is 4.31. The van der Waals surface area contributed by atoms with E-state index in [4.69, 9.17) is 0 Å². The average molecular weight is 288 g/mol. The zero-order chi connectivity index (χ0) is 15.2. The van der Waals surface area contributed by atoms with Crippen LogP contribution in [0.2, 0.25) is 0 Å². The Labute approximate surface area is 128 Å². The number of rotatable bonds is 5. The molecular formula is C18H28N2O. The Morgan fingerprint density at radius 3 is 2.67 bits per heavy atom. The zero-order valence-corrected chi connectivity index (χ0v) is 13.5. The summed E-state index contributed by atoms with van der Waals surface area (Å²) in [6, 6.07) is 8.28. The minimum Gasteiger partial charge on any atom is -0.349 e. The lowest BCUT2D eigenvalue weighted by molar-refractivity contribution is 0.0909. The van der Waals surface area contributed by atoms with Gasteiger partial charge >= 0.3 is 0 Å². The zero-order valence-electron chi connectivity index (χ0n) is 13.5. The van der Waals surface area contributed by atoms with Crippen LogP contribution in [-0.2, 0) is 6.42 Å². The van der Waals surface area contributed by atoms with Crippen LogP contribution in [0.15, 0.2) is 24.3 Å². The Kier molecular flexibility index (Phi) is 5.80. The standard InChI is InChI=1S/C18H28N2O/c1-13-8-9-16(12-14(13)2)20-18(21)17-7-5-4-6-15(17)10-11-19-3/h4-7,13-14,16,19H,8-12H2,1-3H3,(H,20,21). The van der Waals surface area contributed by atoms with E-state index >= 15 is 0 Å². The number of carbonyl (C=O) groups is 1. The second-order valence-electron chi connectivity index (χ2n) is 6.45. The predicted molar refractivity (Wildman–Crippen MR) is 87.5 cm³/mol. The smallest absolute Gasteiger partial charge is 0.251 e. The summed E-state index contributed by atoms with van der Waals surface area (Å²) in [7, 11) is 1.94. The molecule has 0 heterocycles. The van der Waals surface area contributed by atoms with Gasteiger partial charge in [-0.25, -0.2) is 0 Å². The Bertz CT molecular complexity index is 472. The van der Waals surface area contributed by atoms with E-state index in [1.54, 1.807) is 0 Å². The molecule has 0 spiro atoms. The molecule has 1 amide bonds. The third-order valence-electron chi connectivity index (χ3n) is 4.84. The largest absolute Gasteiger partial charge is 0.349 e. The Balaban J connectivity index is 2.00. The molecule has 2 N–H and O–H groups in total. The van der Waals surface area contributed by atoms with Gasteiger partial charge in [0, 0.05) is 11.6 Å². The highest BCUT2D eigenvalue weighted by atomic mass is 16.1. The highest BCUT2D eigenvalue weighted by Gasteiger charge is 2.26. The maximum atomic E-state index is 12.6. The summed E-state index contributed by atoms with van der Waals surface area (Å²) in [5, 5.41) is 6.39. The maximum Gasteiger partial charge on any atom is 0.251 e. The van der Waals surface area contributed by atoms with E-state index in [1.165, 1.54) is 6.42 Å². The summed E-state index contributed by atoms with van der Waals surface area (Å²) in [6.45, 7) is 5.50. The van der Waals surface area contributed by atoms with Crippen molar-refractivity contribution in [1.82, 2.24) is 10.6 Å². The van der Waals surface area contributed by atoms with Gasteiger partial charge in [-0.3, -0.25) is 4.79 Å². The Morgan fingerprint density at radius 2 is 1.95 bits per heavy atom. The molecule has 3 atom stereocenters. The lowest BCUT2D eigenvalue weighted by atomic mass is 9.79. The molecule has 1 aliphatic rings. The van der Waals surface area contributed by atoms with Crippen molar-refractivity contribution in [2.24, 2.45) is 11.8 Å².